The van der Waals surface area contributed by atoms with Crippen LogP contribution < -0.4 is 5.73 Å². The van der Waals surface area contributed by atoms with Crippen molar-refractivity contribution in [3.63, 3.8) is 0 Å². The fourth-order valence-electron chi connectivity index (χ4n) is 0.870. The zero-order valence-corrected chi connectivity index (χ0v) is 10.1. The van der Waals surface area contributed by atoms with Crippen LogP contribution in [0.15, 0.2) is 0 Å². The van der Waals surface area contributed by atoms with Crippen LogP contribution in [0.1, 0.15) is 33.6 Å². The second-order valence-corrected chi connectivity index (χ2v) is 3.93. The van der Waals surface area contributed by atoms with Crippen molar-refractivity contribution < 1.29 is 12.5 Å². The number of hydrogen-bond donors (Lipinski definition) is 1. The Bertz CT molecular complexity index is 121. The van der Waals surface area contributed by atoms with Gasteiger partial charge in [-0.05, 0) is 40.2 Å². The lowest BCUT2D eigenvalue weighted by atomic mass is 10.2. The maximum Gasteiger partial charge on any atom is 0.508 e. The van der Waals surface area contributed by atoms with Crippen LogP contribution in [-0.4, -0.2) is 25.9 Å². The largest absolute Gasteiger partial charge is 0.508 e. The predicted molar refractivity (Wildman–Crippen MR) is 59.5 cm³/mol. The summed E-state index contributed by atoms with van der Waals surface area (Å²) in [4.78, 5) is 0. The van der Waals surface area contributed by atoms with E-state index in [9.17, 15) is 0 Å². The average Bonchev–Trinajstić information content (AvgIpc) is 2.15. The summed E-state index contributed by atoms with van der Waals surface area (Å²) < 4.78 is 16.1. The molecular formula is C9H22NO3S+. The molecule has 0 aromatic heterocycles. The fourth-order valence-corrected chi connectivity index (χ4v) is 1.80. The summed E-state index contributed by atoms with van der Waals surface area (Å²) in [5.41, 5.74) is 5.41. The van der Waals surface area contributed by atoms with Crippen molar-refractivity contribution in [2.45, 2.75) is 39.7 Å². The molecule has 14 heavy (non-hydrogen) atoms. The van der Waals surface area contributed by atoms with Crippen molar-refractivity contribution >= 4 is 11.7 Å². The lowest BCUT2D eigenvalue weighted by Gasteiger charge is -2.07. The molecule has 86 valence electrons. The van der Waals surface area contributed by atoms with Crippen molar-refractivity contribution in [3.05, 3.63) is 0 Å². The van der Waals surface area contributed by atoms with Crippen LogP contribution in [-0.2, 0) is 24.3 Å². The van der Waals surface area contributed by atoms with Crippen molar-refractivity contribution in [3.8, 4) is 0 Å². The Balaban J connectivity index is 3.64. The molecule has 1 unspecified atom stereocenters. The highest BCUT2D eigenvalue weighted by molar-refractivity contribution is 7.82. The van der Waals surface area contributed by atoms with E-state index in [2.05, 4.69) is 0 Å². The van der Waals surface area contributed by atoms with Gasteiger partial charge in [-0.3, -0.25) is 0 Å². The molecule has 0 spiro atoms. The van der Waals surface area contributed by atoms with Crippen molar-refractivity contribution in [2.24, 2.45) is 5.73 Å². The summed E-state index contributed by atoms with van der Waals surface area (Å²) in [6.45, 7) is 7.76. The average molecular weight is 224 g/mol. The van der Waals surface area contributed by atoms with E-state index in [1.165, 1.54) is 0 Å². The van der Waals surface area contributed by atoms with Gasteiger partial charge in [0.15, 0.2) is 0 Å². The third-order valence-electron chi connectivity index (χ3n) is 1.49. The summed E-state index contributed by atoms with van der Waals surface area (Å²) in [6, 6.07) is 0. The molecular weight excluding hydrogens is 202 g/mol. The van der Waals surface area contributed by atoms with Gasteiger partial charge in [-0.25, -0.2) is 0 Å². The molecule has 0 radical (unpaired) electrons. The number of nitrogens with two attached hydrogens (primary N) is 1. The molecule has 0 aliphatic carbocycles. The molecule has 5 heteroatoms. The Morgan fingerprint density at radius 2 is 1.79 bits per heavy atom. The Labute approximate surface area is 90.1 Å². The van der Waals surface area contributed by atoms with E-state index in [1.807, 2.05) is 20.8 Å². The molecule has 0 aliphatic rings. The minimum absolute atomic E-state index is 0.139. The molecule has 0 saturated heterocycles. The lowest BCUT2D eigenvalue weighted by Crippen LogP contribution is -2.21. The maximum atomic E-state index is 5.56. The molecule has 0 fully saturated rings. The van der Waals surface area contributed by atoms with Gasteiger partial charge in [0.05, 0.1) is 0 Å². The van der Waals surface area contributed by atoms with E-state index in [-0.39, 0.29) is 6.10 Å². The van der Waals surface area contributed by atoms with Crippen molar-refractivity contribution in [1.29, 1.82) is 0 Å². The molecule has 0 aromatic rings. The van der Waals surface area contributed by atoms with Crippen LogP contribution in [0.25, 0.3) is 0 Å². The van der Waals surface area contributed by atoms with Gasteiger partial charge in [0.2, 0.25) is 0 Å². The van der Waals surface area contributed by atoms with Gasteiger partial charge in [-0.15, -0.1) is 12.5 Å². The summed E-state index contributed by atoms with van der Waals surface area (Å²) in [5, 5.41) is 0. The second kappa shape index (κ2) is 9.73. The van der Waals surface area contributed by atoms with Crippen LogP contribution in [0.3, 0.4) is 0 Å². The summed E-state index contributed by atoms with van der Waals surface area (Å²) in [7, 11) is 0. The highest BCUT2D eigenvalue weighted by Crippen LogP contribution is 2.11. The smallest absolute Gasteiger partial charge is 0.330 e. The molecule has 0 aliphatic heterocycles. The first-order chi connectivity index (χ1) is 6.74. The fraction of sp³-hybridized carbons (Fsp3) is 1.00. The topological polar surface area (TPSA) is 53.7 Å². The Morgan fingerprint density at radius 3 is 2.21 bits per heavy atom. The van der Waals surface area contributed by atoms with Crippen molar-refractivity contribution in [2.75, 3.05) is 19.8 Å². The molecule has 0 aromatic carbocycles. The monoisotopic (exact) mass is 224 g/mol. The Kier molecular flexibility index (Phi) is 9.87. The van der Waals surface area contributed by atoms with E-state index in [0.29, 0.717) is 19.8 Å². The molecule has 4 nitrogen and oxygen atoms in total. The van der Waals surface area contributed by atoms with Gasteiger partial charge in [0, 0.05) is 0 Å². The maximum absolute atomic E-state index is 5.56. The molecule has 0 amide bonds. The lowest BCUT2D eigenvalue weighted by molar-refractivity contribution is 0.145. The normalized spacial score (nSPS) is 13.5. The van der Waals surface area contributed by atoms with Gasteiger partial charge in [0.1, 0.15) is 19.3 Å². The van der Waals surface area contributed by atoms with Gasteiger partial charge in [-0.2, -0.15) is 0 Å². The van der Waals surface area contributed by atoms with Crippen LogP contribution in [0.2, 0.25) is 0 Å². The van der Waals surface area contributed by atoms with E-state index in [4.69, 9.17) is 18.3 Å². The molecule has 0 heterocycles. The van der Waals surface area contributed by atoms with Crippen LogP contribution in [0, 0.1) is 0 Å². The number of hydrogen-bond acceptors (Lipinski definition) is 4. The first kappa shape index (κ1) is 14.2. The minimum Gasteiger partial charge on any atom is -0.330 e. The van der Waals surface area contributed by atoms with E-state index >= 15 is 0 Å². The highest BCUT2D eigenvalue weighted by Gasteiger charge is 2.28. The Morgan fingerprint density at radius 1 is 1.21 bits per heavy atom. The minimum atomic E-state index is -0.799. The van der Waals surface area contributed by atoms with Crippen LogP contribution in [0.5, 0.6) is 0 Å². The summed E-state index contributed by atoms with van der Waals surface area (Å²) in [5.74, 6) is 0. The molecule has 0 saturated carbocycles. The van der Waals surface area contributed by atoms with Gasteiger partial charge in [-0.1, -0.05) is 0 Å². The first-order valence-corrected chi connectivity index (χ1v) is 6.12. The van der Waals surface area contributed by atoms with Gasteiger partial charge >= 0.3 is 11.7 Å². The quantitative estimate of drug-likeness (QED) is 0.604. The van der Waals surface area contributed by atoms with Gasteiger partial charge < -0.3 is 5.73 Å². The highest BCUT2D eigenvalue weighted by atomic mass is 32.3. The number of rotatable bonds is 9. The Hall–Kier alpha value is 0.190. The van der Waals surface area contributed by atoms with E-state index < -0.39 is 11.7 Å². The predicted octanol–water partition coefficient (Wildman–Crippen LogP) is 1.57. The van der Waals surface area contributed by atoms with E-state index in [0.717, 1.165) is 12.8 Å². The zero-order valence-electron chi connectivity index (χ0n) is 9.32. The zero-order chi connectivity index (χ0) is 10.8. The van der Waals surface area contributed by atoms with Crippen molar-refractivity contribution in [1.82, 2.24) is 0 Å². The third kappa shape index (κ3) is 7.58. The third-order valence-corrected chi connectivity index (χ3v) is 2.83. The summed E-state index contributed by atoms with van der Waals surface area (Å²) in [6.07, 6.45) is 2.05. The van der Waals surface area contributed by atoms with Gasteiger partial charge in [0.25, 0.3) is 0 Å². The van der Waals surface area contributed by atoms with Crippen LogP contribution >= 0.6 is 0 Å². The van der Waals surface area contributed by atoms with Crippen LogP contribution in [0.4, 0.5) is 0 Å². The molecule has 1 atom stereocenters. The standard InChI is InChI=1S/C9H22NO3S/c1-4-11-14(12-5-2)13-9(3)7-6-8-10/h9H,4-8,10H2,1-3H3/q+1. The molecule has 2 N–H and O–H groups in total. The molecule has 0 bridgehead atoms. The summed E-state index contributed by atoms with van der Waals surface area (Å²) >= 11 is -0.799. The second-order valence-electron chi connectivity index (χ2n) is 2.85. The SMILES string of the molecule is CCO[S+](OCC)OC(C)CCCN. The molecule has 0 rings (SSSR count). The van der Waals surface area contributed by atoms with E-state index in [1.54, 1.807) is 0 Å². The first-order valence-electron chi connectivity index (χ1n) is 5.12.